The molecule has 2 aromatic carbocycles. The molecule has 0 aliphatic heterocycles. The first-order valence-corrected chi connectivity index (χ1v) is 5.45. The number of nitrogens with zero attached hydrogens (tertiary/aromatic N) is 2. The Kier molecular flexibility index (Phi) is 3.51. The molecule has 0 saturated carbocycles. The lowest BCUT2D eigenvalue weighted by molar-refractivity contribution is -0.385. The topological polar surface area (TPSA) is 86.3 Å². The molecular formula is C13H9N2O4. The second kappa shape index (κ2) is 5.26. The summed E-state index contributed by atoms with van der Waals surface area (Å²) in [6.07, 6.45) is 0.339. The molecule has 0 spiro atoms. The Labute approximate surface area is 108 Å². The second-order valence-electron chi connectivity index (χ2n) is 3.90. The van der Waals surface area contributed by atoms with Crippen molar-refractivity contribution < 1.29 is 9.85 Å². The maximum atomic E-state index is 10.8. The largest absolute Gasteiger partial charge is 0.280 e. The van der Waals surface area contributed by atoms with E-state index in [0.29, 0.717) is 12.0 Å². The maximum Gasteiger partial charge on any atom is 0.280 e. The first-order chi connectivity index (χ1) is 9.08. The normalized spacial score (nSPS) is 10.1. The van der Waals surface area contributed by atoms with Crippen molar-refractivity contribution >= 4 is 11.4 Å². The molecule has 0 atom stereocenters. The second-order valence-corrected chi connectivity index (χ2v) is 3.90. The molecular weight excluding hydrogens is 248 g/mol. The SMILES string of the molecule is O=[N+]([O-])c1ccc(Cc2ccc[c]c2[N+](=O)[O-])cc1. The number of hydrogen-bond acceptors (Lipinski definition) is 4. The van der Waals surface area contributed by atoms with Crippen LogP contribution in [0.4, 0.5) is 11.4 Å². The number of rotatable bonds is 4. The molecule has 0 N–H and O–H groups in total. The van der Waals surface area contributed by atoms with Gasteiger partial charge in [-0.3, -0.25) is 20.2 Å². The molecule has 6 nitrogen and oxygen atoms in total. The quantitative estimate of drug-likeness (QED) is 0.622. The Morgan fingerprint density at radius 3 is 2.26 bits per heavy atom. The molecule has 19 heavy (non-hydrogen) atoms. The zero-order valence-electron chi connectivity index (χ0n) is 9.78. The van der Waals surface area contributed by atoms with Gasteiger partial charge in [0.1, 0.15) is 0 Å². The summed E-state index contributed by atoms with van der Waals surface area (Å²) < 4.78 is 0. The molecule has 0 bridgehead atoms. The van der Waals surface area contributed by atoms with Gasteiger partial charge in [0.15, 0.2) is 0 Å². The first-order valence-electron chi connectivity index (χ1n) is 5.45. The monoisotopic (exact) mass is 257 g/mol. The van der Waals surface area contributed by atoms with Crippen LogP contribution in [0.25, 0.3) is 0 Å². The smallest absolute Gasteiger partial charge is 0.258 e. The fraction of sp³-hybridized carbons (Fsp3) is 0.0769. The highest BCUT2D eigenvalue weighted by Crippen LogP contribution is 2.21. The van der Waals surface area contributed by atoms with Gasteiger partial charge in [0.2, 0.25) is 0 Å². The van der Waals surface area contributed by atoms with Crippen molar-refractivity contribution in [1.82, 2.24) is 0 Å². The molecule has 0 heterocycles. The van der Waals surface area contributed by atoms with Gasteiger partial charge < -0.3 is 0 Å². The highest BCUT2D eigenvalue weighted by Gasteiger charge is 2.13. The maximum absolute atomic E-state index is 10.8. The minimum absolute atomic E-state index is 0.00197. The van der Waals surface area contributed by atoms with E-state index in [1.54, 1.807) is 24.3 Å². The van der Waals surface area contributed by atoms with Gasteiger partial charge in [-0.25, -0.2) is 0 Å². The number of nitro groups is 2. The lowest BCUT2D eigenvalue weighted by atomic mass is 10.0. The van der Waals surface area contributed by atoms with E-state index in [1.165, 1.54) is 18.2 Å². The third-order valence-corrected chi connectivity index (χ3v) is 2.64. The Morgan fingerprint density at radius 2 is 1.68 bits per heavy atom. The van der Waals surface area contributed by atoms with E-state index in [2.05, 4.69) is 6.07 Å². The third-order valence-electron chi connectivity index (χ3n) is 2.64. The van der Waals surface area contributed by atoms with Crippen molar-refractivity contribution in [3.05, 3.63) is 79.9 Å². The highest BCUT2D eigenvalue weighted by molar-refractivity contribution is 5.43. The summed E-state index contributed by atoms with van der Waals surface area (Å²) in [6, 6.07) is 13.3. The predicted molar refractivity (Wildman–Crippen MR) is 67.8 cm³/mol. The predicted octanol–water partition coefficient (Wildman–Crippen LogP) is 2.89. The summed E-state index contributed by atoms with van der Waals surface area (Å²) in [5.41, 5.74) is 1.23. The van der Waals surface area contributed by atoms with Gasteiger partial charge in [-0.2, -0.15) is 0 Å². The number of benzene rings is 2. The lowest BCUT2D eigenvalue weighted by Crippen LogP contribution is -1.97. The summed E-state index contributed by atoms with van der Waals surface area (Å²) in [4.78, 5) is 20.4. The van der Waals surface area contributed by atoms with E-state index < -0.39 is 9.85 Å². The van der Waals surface area contributed by atoms with Crippen LogP contribution in [0.5, 0.6) is 0 Å². The molecule has 0 unspecified atom stereocenters. The molecule has 6 heteroatoms. The summed E-state index contributed by atoms with van der Waals surface area (Å²) in [7, 11) is 0. The van der Waals surface area contributed by atoms with E-state index in [9.17, 15) is 20.2 Å². The van der Waals surface area contributed by atoms with Gasteiger partial charge in [-0.05, 0) is 11.6 Å². The third kappa shape index (κ3) is 2.92. The van der Waals surface area contributed by atoms with Crippen LogP contribution in [0.15, 0.2) is 42.5 Å². The molecule has 0 aromatic heterocycles. The fourth-order valence-electron chi connectivity index (χ4n) is 1.73. The summed E-state index contributed by atoms with van der Waals surface area (Å²) in [5, 5.41) is 21.4. The molecule has 1 radical (unpaired) electrons. The van der Waals surface area contributed by atoms with E-state index in [-0.39, 0.29) is 11.4 Å². The summed E-state index contributed by atoms with van der Waals surface area (Å²) in [6.45, 7) is 0. The minimum Gasteiger partial charge on any atom is -0.258 e. The lowest BCUT2D eigenvalue weighted by Gasteiger charge is -2.02. The minimum atomic E-state index is -0.485. The molecule has 0 saturated heterocycles. The van der Waals surface area contributed by atoms with Gasteiger partial charge in [0.05, 0.1) is 15.9 Å². The van der Waals surface area contributed by atoms with Crippen LogP contribution in [-0.2, 0) is 6.42 Å². The van der Waals surface area contributed by atoms with E-state index >= 15 is 0 Å². The number of nitro benzene ring substituents is 2. The van der Waals surface area contributed by atoms with Crippen molar-refractivity contribution in [3.8, 4) is 0 Å². The Balaban J connectivity index is 2.26. The Bertz CT molecular complexity index is 623. The first kappa shape index (κ1) is 12.7. The van der Waals surface area contributed by atoms with E-state index in [4.69, 9.17) is 0 Å². The average molecular weight is 257 g/mol. The van der Waals surface area contributed by atoms with Gasteiger partial charge in [-0.15, -0.1) is 0 Å². The van der Waals surface area contributed by atoms with Crippen molar-refractivity contribution in [2.24, 2.45) is 0 Å². The summed E-state index contributed by atoms with van der Waals surface area (Å²) in [5.74, 6) is 0. The zero-order chi connectivity index (χ0) is 13.8. The number of non-ortho nitro benzene ring substituents is 1. The number of para-hydroxylation sites is 1. The van der Waals surface area contributed by atoms with E-state index in [1.807, 2.05) is 0 Å². The molecule has 95 valence electrons. The van der Waals surface area contributed by atoms with Crippen molar-refractivity contribution in [2.45, 2.75) is 6.42 Å². The summed E-state index contributed by atoms with van der Waals surface area (Å²) >= 11 is 0. The van der Waals surface area contributed by atoms with Crippen LogP contribution in [0.2, 0.25) is 0 Å². The fourth-order valence-corrected chi connectivity index (χ4v) is 1.73. The van der Waals surface area contributed by atoms with E-state index in [0.717, 1.165) is 5.56 Å². The molecule has 0 aliphatic carbocycles. The van der Waals surface area contributed by atoms with Crippen molar-refractivity contribution in [2.75, 3.05) is 0 Å². The Morgan fingerprint density at radius 1 is 1.00 bits per heavy atom. The van der Waals surface area contributed by atoms with Crippen LogP contribution in [0.1, 0.15) is 11.1 Å². The van der Waals surface area contributed by atoms with Crippen LogP contribution in [-0.4, -0.2) is 9.85 Å². The van der Waals surface area contributed by atoms with Gasteiger partial charge >= 0.3 is 0 Å². The number of hydrogen-bond donors (Lipinski definition) is 0. The molecule has 2 rings (SSSR count). The molecule has 0 aliphatic rings. The van der Waals surface area contributed by atoms with Crippen LogP contribution >= 0.6 is 0 Å². The molecule has 0 fully saturated rings. The standard InChI is InChI=1S/C13H9N2O4/c16-14(17)12-7-5-10(6-8-12)9-11-3-1-2-4-13(11)15(18)19/h1-3,5-8H,9H2. The van der Waals surface area contributed by atoms with Gasteiger partial charge in [-0.1, -0.05) is 24.3 Å². The zero-order valence-corrected chi connectivity index (χ0v) is 9.78. The molecule has 0 amide bonds. The van der Waals surface area contributed by atoms with Crippen molar-refractivity contribution in [3.63, 3.8) is 0 Å². The van der Waals surface area contributed by atoms with Gasteiger partial charge in [0, 0.05) is 24.1 Å². The molecule has 2 aromatic rings. The Hall–Kier alpha value is -2.76. The highest BCUT2D eigenvalue weighted by atomic mass is 16.6. The van der Waals surface area contributed by atoms with Crippen molar-refractivity contribution in [1.29, 1.82) is 0 Å². The van der Waals surface area contributed by atoms with Crippen LogP contribution < -0.4 is 0 Å². The van der Waals surface area contributed by atoms with Crippen LogP contribution in [0, 0.1) is 26.3 Å². The van der Waals surface area contributed by atoms with Crippen LogP contribution in [0.3, 0.4) is 0 Å². The van der Waals surface area contributed by atoms with Gasteiger partial charge in [0.25, 0.3) is 11.4 Å². The average Bonchev–Trinajstić information content (AvgIpc) is 2.39.